The zero-order chi connectivity index (χ0) is 10.1. The van der Waals surface area contributed by atoms with E-state index in [1.54, 1.807) is 0 Å². The van der Waals surface area contributed by atoms with Crippen LogP contribution >= 0.6 is 0 Å². The number of fused-ring (bicyclic) bond motifs is 3. The van der Waals surface area contributed by atoms with Crippen molar-refractivity contribution in [3.8, 4) is 6.07 Å². The molecule has 2 atom stereocenters. The van der Waals surface area contributed by atoms with Gasteiger partial charge in [0.05, 0.1) is 6.07 Å². The SMILES string of the molecule is N#CC(C(=O)O)C1CN2CCC1CC2. The topological polar surface area (TPSA) is 64.3 Å². The minimum atomic E-state index is -0.953. The Kier molecular flexibility index (Phi) is 2.42. The molecule has 1 N–H and O–H groups in total. The highest BCUT2D eigenvalue weighted by molar-refractivity contribution is 5.73. The van der Waals surface area contributed by atoms with Gasteiger partial charge in [0, 0.05) is 12.5 Å². The summed E-state index contributed by atoms with van der Waals surface area (Å²) in [7, 11) is 0. The van der Waals surface area contributed by atoms with Gasteiger partial charge in [0.25, 0.3) is 0 Å². The fraction of sp³-hybridized carbons (Fsp3) is 0.800. The second-order valence-electron chi connectivity index (χ2n) is 4.25. The molecule has 14 heavy (non-hydrogen) atoms. The van der Waals surface area contributed by atoms with Crippen molar-refractivity contribution in [2.75, 3.05) is 19.6 Å². The van der Waals surface area contributed by atoms with Gasteiger partial charge in [-0.2, -0.15) is 5.26 Å². The van der Waals surface area contributed by atoms with Crippen molar-refractivity contribution in [3.63, 3.8) is 0 Å². The van der Waals surface area contributed by atoms with Crippen LogP contribution in [0.1, 0.15) is 12.8 Å². The predicted molar refractivity (Wildman–Crippen MR) is 49.4 cm³/mol. The molecule has 0 aliphatic carbocycles. The Morgan fingerprint density at radius 2 is 2.14 bits per heavy atom. The zero-order valence-corrected chi connectivity index (χ0v) is 8.02. The molecule has 0 spiro atoms. The van der Waals surface area contributed by atoms with Gasteiger partial charge in [-0.3, -0.25) is 4.79 Å². The lowest BCUT2D eigenvalue weighted by Gasteiger charge is -2.45. The second-order valence-corrected chi connectivity index (χ2v) is 4.25. The standard InChI is InChI=1S/C10H14N2O2/c11-5-8(10(13)14)9-6-12-3-1-7(9)2-4-12/h7-9H,1-4,6H2,(H,13,14). The lowest BCUT2D eigenvalue weighted by molar-refractivity contribution is -0.143. The molecule has 0 radical (unpaired) electrons. The Morgan fingerprint density at radius 1 is 1.50 bits per heavy atom. The van der Waals surface area contributed by atoms with E-state index in [2.05, 4.69) is 4.90 Å². The summed E-state index contributed by atoms with van der Waals surface area (Å²) in [4.78, 5) is 13.1. The molecule has 2 bridgehead atoms. The van der Waals surface area contributed by atoms with Crippen molar-refractivity contribution < 1.29 is 9.90 Å². The average molecular weight is 194 g/mol. The smallest absolute Gasteiger partial charge is 0.321 e. The second kappa shape index (κ2) is 3.58. The third-order valence-electron chi connectivity index (χ3n) is 3.54. The first-order valence-corrected chi connectivity index (χ1v) is 5.07. The molecule has 3 fully saturated rings. The first kappa shape index (κ1) is 9.47. The summed E-state index contributed by atoms with van der Waals surface area (Å²) in [6.07, 6.45) is 2.13. The van der Waals surface area contributed by atoms with Crippen molar-refractivity contribution in [2.45, 2.75) is 12.8 Å². The third-order valence-corrected chi connectivity index (χ3v) is 3.54. The highest BCUT2D eigenvalue weighted by atomic mass is 16.4. The summed E-state index contributed by atoms with van der Waals surface area (Å²) in [6.45, 7) is 2.97. The van der Waals surface area contributed by atoms with Crippen LogP contribution in [0.25, 0.3) is 0 Å². The molecule has 0 aromatic carbocycles. The van der Waals surface area contributed by atoms with Crippen LogP contribution < -0.4 is 0 Å². The van der Waals surface area contributed by atoms with E-state index in [9.17, 15) is 4.79 Å². The Morgan fingerprint density at radius 3 is 2.50 bits per heavy atom. The number of nitrogens with zero attached hydrogens (tertiary/aromatic N) is 2. The fourth-order valence-corrected chi connectivity index (χ4v) is 2.72. The zero-order valence-electron chi connectivity index (χ0n) is 8.02. The monoisotopic (exact) mass is 194 g/mol. The molecule has 0 saturated carbocycles. The number of hydrogen-bond donors (Lipinski definition) is 1. The molecule has 0 aromatic rings. The number of hydrogen-bond acceptors (Lipinski definition) is 3. The molecule has 0 amide bonds. The lowest BCUT2D eigenvalue weighted by Crippen LogP contribution is -2.50. The molecule has 3 heterocycles. The van der Waals surface area contributed by atoms with Crippen LogP contribution in [-0.2, 0) is 4.79 Å². The van der Waals surface area contributed by atoms with Gasteiger partial charge in [-0.15, -0.1) is 0 Å². The van der Waals surface area contributed by atoms with E-state index in [-0.39, 0.29) is 5.92 Å². The average Bonchev–Trinajstić information content (AvgIpc) is 2.20. The van der Waals surface area contributed by atoms with E-state index >= 15 is 0 Å². The lowest BCUT2D eigenvalue weighted by atomic mass is 9.73. The fourth-order valence-electron chi connectivity index (χ4n) is 2.72. The molecule has 3 rings (SSSR count). The van der Waals surface area contributed by atoms with Crippen molar-refractivity contribution in [1.29, 1.82) is 5.26 Å². The molecule has 3 saturated heterocycles. The van der Waals surface area contributed by atoms with Crippen LogP contribution in [0.2, 0.25) is 0 Å². The number of rotatable bonds is 2. The maximum Gasteiger partial charge on any atom is 0.321 e. The minimum Gasteiger partial charge on any atom is -0.480 e. The Bertz CT molecular complexity index is 276. The molecule has 2 unspecified atom stereocenters. The molecule has 4 nitrogen and oxygen atoms in total. The van der Waals surface area contributed by atoms with Gasteiger partial charge in [-0.1, -0.05) is 0 Å². The van der Waals surface area contributed by atoms with Crippen LogP contribution in [0.5, 0.6) is 0 Å². The quantitative estimate of drug-likeness (QED) is 0.697. The largest absolute Gasteiger partial charge is 0.480 e. The summed E-state index contributed by atoms with van der Waals surface area (Å²) in [5.74, 6) is -1.24. The summed E-state index contributed by atoms with van der Waals surface area (Å²) in [6, 6.07) is 1.93. The van der Waals surface area contributed by atoms with Crippen molar-refractivity contribution in [2.24, 2.45) is 17.8 Å². The number of aliphatic carboxylic acids is 1. The van der Waals surface area contributed by atoms with E-state index in [1.807, 2.05) is 6.07 Å². The number of piperidine rings is 3. The van der Waals surface area contributed by atoms with Crippen LogP contribution in [0.3, 0.4) is 0 Å². The summed E-state index contributed by atoms with van der Waals surface area (Å²) < 4.78 is 0. The Balaban J connectivity index is 2.11. The molecular weight excluding hydrogens is 180 g/mol. The first-order valence-electron chi connectivity index (χ1n) is 5.07. The Labute approximate surface area is 83.1 Å². The van der Waals surface area contributed by atoms with E-state index in [0.29, 0.717) is 5.92 Å². The van der Waals surface area contributed by atoms with Crippen LogP contribution in [-0.4, -0.2) is 35.6 Å². The number of carbonyl (C=O) groups is 1. The van der Waals surface area contributed by atoms with Gasteiger partial charge >= 0.3 is 5.97 Å². The summed E-state index contributed by atoms with van der Waals surface area (Å²) >= 11 is 0. The van der Waals surface area contributed by atoms with Gasteiger partial charge in [0.15, 0.2) is 0 Å². The molecule has 3 aliphatic rings. The molecule has 76 valence electrons. The number of carboxylic acid groups (broad SMARTS) is 1. The maximum atomic E-state index is 10.9. The van der Waals surface area contributed by atoms with Crippen molar-refractivity contribution in [3.05, 3.63) is 0 Å². The molecule has 0 aromatic heterocycles. The maximum absolute atomic E-state index is 10.9. The minimum absolute atomic E-state index is 0.0556. The van der Waals surface area contributed by atoms with Crippen LogP contribution in [0.15, 0.2) is 0 Å². The van der Waals surface area contributed by atoms with Gasteiger partial charge < -0.3 is 10.0 Å². The first-order chi connectivity index (χ1) is 6.72. The van der Waals surface area contributed by atoms with Crippen LogP contribution in [0.4, 0.5) is 0 Å². The van der Waals surface area contributed by atoms with E-state index in [1.165, 1.54) is 0 Å². The summed E-state index contributed by atoms with van der Waals surface area (Å²) in [5, 5.41) is 17.7. The molecule has 4 heteroatoms. The normalized spacial score (nSPS) is 37.5. The van der Waals surface area contributed by atoms with E-state index < -0.39 is 11.9 Å². The number of carboxylic acids is 1. The van der Waals surface area contributed by atoms with Crippen LogP contribution in [0, 0.1) is 29.1 Å². The van der Waals surface area contributed by atoms with Gasteiger partial charge in [0.1, 0.15) is 5.92 Å². The van der Waals surface area contributed by atoms with E-state index in [0.717, 1.165) is 32.5 Å². The summed E-state index contributed by atoms with van der Waals surface area (Å²) in [5.41, 5.74) is 0. The van der Waals surface area contributed by atoms with E-state index in [4.69, 9.17) is 10.4 Å². The molecular formula is C10H14N2O2. The number of nitriles is 1. The highest BCUT2D eigenvalue weighted by Crippen LogP contribution is 2.36. The highest BCUT2D eigenvalue weighted by Gasteiger charge is 2.41. The Hall–Kier alpha value is -1.08. The predicted octanol–water partition coefficient (Wildman–Crippen LogP) is 0.553. The van der Waals surface area contributed by atoms with Gasteiger partial charge in [-0.25, -0.2) is 0 Å². The third kappa shape index (κ3) is 1.48. The molecule has 3 aliphatic heterocycles. The van der Waals surface area contributed by atoms with Gasteiger partial charge in [0.2, 0.25) is 0 Å². The van der Waals surface area contributed by atoms with Crippen molar-refractivity contribution >= 4 is 5.97 Å². The van der Waals surface area contributed by atoms with Gasteiger partial charge in [-0.05, 0) is 31.8 Å². The van der Waals surface area contributed by atoms with Crippen molar-refractivity contribution in [1.82, 2.24) is 4.90 Å².